The lowest BCUT2D eigenvalue weighted by molar-refractivity contribution is -0.133. The van der Waals surface area contributed by atoms with Gasteiger partial charge < -0.3 is 10.6 Å². The van der Waals surface area contributed by atoms with E-state index in [4.69, 9.17) is 5.73 Å². The molecule has 1 fully saturated rings. The van der Waals surface area contributed by atoms with Crippen molar-refractivity contribution in [1.82, 2.24) is 4.90 Å². The Morgan fingerprint density at radius 2 is 2.33 bits per heavy atom. The van der Waals surface area contributed by atoms with Gasteiger partial charge in [-0.05, 0) is 43.9 Å². The lowest BCUT2D eigenvalue weighted by Gasteiger charge is -2.27. The molecule has 2 atom stereocenters. The van der Waals surface area contributed by atoms with Gasteiger partial charge in [-0.2, -0.15) is 0 Å². The molecule has 0 saturated carbocycles. The fraction of sp³-hybridized carbons (Fsp3) is 0.533. The van der Waals surface area contributed by atoms with Gasteiger partial charge in [0.2, 0.25) is 5.91 Å². The Kier molecular flexibility index (Phi) is 3.90. The van der Waals surface area contributed by atoms with Crippen molar-refractivity contribution >= 4 is 11.6 Å². The second-order valence-corrected chi connectivity index (χ2v) is 5.13. The van der Waals surface area contributed by atoms with Crippen LogP contribution >= 0.6 is 0 Å². The van der Waals surface area contributed by atoms with E-state index >= 15 is 0 Å². The summed E-state index contributed by atoms with van der Waals surface area (Å²) >= 11 is 0. The molecular formula is C15H22N2O. The molecule has 2 unspecified atom stereocenters. The standard InChI is InChI=1S/C15H22N2O/c1-3-14-8-5-9-17(14)15(18)11(2)12-6-4-7-13(16)10-12/h4,6-7,10-11,14H,3,5,8-9,16H2,1-2H3. The Labute approximate surface area is 109 Å². The average Bonchev–Trinajstić information content (AvgIpc) is 2.85. The highest BCUT2D eigenvalue weighted by molar-refractivity contribution is 5.84. The maximum absolute atomic E-state index is 12.5. The number of likely N-dealkylation sites (tertiary alicyclic amines) is 1. The molecule has 98 valence electrons. The quantitative estimate of drug-likeness (QED) is 0.834. The number of nitrogens with zero attached hydrogens (tertiary/aromatic N) is 1. The summed E-state index contributed by atoms with van der Waals surface area (Å²) in [6.45, 7) is 5.04. The molecule has 18 heavy (non-hydrogen) atoms. The van der Waals surface area contributed by atoms with Gasteiger partial charge in [0.05, 0.1) is 5.92 Å². The van der Waals surface area contributed by atoms with E-state index in [0.29, 0.717) is 6.04 Å². The summed E-state index contributed by atoms with van der Waals surface area (Å²) in [5, 5.41) is 0. The summed E-state index contributed by atoms with van der Waals surface area (Å²) in [4.78, 5) is 14.6. The van der Waals surface area contributed by atoms with Crippen LogP contribution in [-0.4, -0.2) is 23.4 Å². The molecule has 1 aliphatic heterocycles. The highest BCUT2D eigenvalue weighted by atomic mass is 16.2. The average molecular weight is 246 g/mol. The van der Waals surface area contributed by atoms with Crippen molar-refractivity contribution in [2.75, 3.05) is 12.3 Å². The Hall–Kier alpha value is -1.51. The highest BCUT2D eigenvalue weighted by Crippen LogP contribution is 2.26. The molecule has 1 saturated heterocycles. The molecule has 0 bridgehead atoms. The van der Waals surface area contributed by atoms with Crippen LogP contribution in [0.4, 0.5) is 5.69 Å². The Bertz CT molecular complexity index is 430. The third-order valence-electron chi connectivity index (χ3n) is 3.91. The van der Waals surface area contributed by atoms with Crippen molar-refractivity contribution in [2.24, 2.45) is 0 Å². The largest absolute Gasteiger partial charge is 0.399 e. The molecular weight excluding hydrogens is 224 g/mol. The first-order valence-corrected chi connectivity index (χ1v) is 6.79. The summed E-state index contributed by atoms with van der Waals surface area (Å²) in [5.41, 5.74) is 7.52. The molecule has 1 amide bonds. The fourth-order valence-corrected chi connectivity index (χ4v) is 2.77. The molecule has 3 nitrogen and oxygen atoms in total. The minimum atomic E-state index is -0.0966. The number of benzene rings is 1. The third-order valence-corrected chi connectivity index (χ3v) is 3.91. The first kappa shape index (κ1) is 12.9. The minimum absolute atomic E-state index is 0.0966. The predicted molar refractivity (Wildman–Crippen MR) is 74.3 cm³/mol. The topological polar surface area (TPSA) is 46.3 Å². The number of amides is 1. The van der Waals surface area contributed by atoms with Crippen LogP contribution in [0.3, 0.4) is 0 Å². The van der Waals surface area contributed by atoms with Crippen LogP contribution < -0.4 is 5.73 Å². The number of nitrogens with two attached hydrogens (primary N) is 1. The Balaban J connectivity index is 2.13. The lowest BCUT2D eigenvalue weighted by Crippen LogP contribution is -2.37. The molecule has 1 heterocycles. The van der Waals surface area contributed by atoms with Gasteiger partial charge in [-0.25, -0.2) is 0 Å². The van der Waals surface area contributed by atoms with E-state index in [1.165, 1.54) is 0 Å². The number of hydrogen-bond donors (Lipinski definition) is 1. The van der Waals surface area contributed by atoms with E-state index in [2.05, 4.69) is 6.92 Å². The zero-order chi connectivity index (χ0) is 13.1. The molecule has 0 aliphatic carbocycles. The van der Waals surface area contributed by atoms with Crippen molar-refractivity contribution in [3.05, 3.63) is 29.8 Å². The number of anilines is 1. The van der Waals surface area contributed by atoms with Gasteiger partial charge in [0.15, 0.2) is 0 Å². The van der Waals surface area contributed by atoms with Gasteiger partial charge >= 0.3 is 0 Å². The SMILES string of the molecule is CCC1CCCN1C(=O)C(C)c1cccc(N)c1. The molecule has 0 aromatic heterocycles. The highest BCUT2D eigenvalue weighted by Gasteiger charge is 2.30. The van der Waals surface area contributed by atoms with E-state index in [0.717, 1.165) is 37.1 Å². The number of rotatable bonds is 3. The zero-order valence-electron chi connectivity index (χ0n) is 11.2. The molecule has 3 heteroatoms. The van der Waals surface area contributed by atoms with E-state index in [1.54, 1.807) is 0 Å². The zero-order valence-corrected chi connectivity index (χ0v) is 11.2. The molecule has 1 aromatic carbocycles. The van der Waals surface area contributed by atoms with E-state index in [1.807, 2.05) is 36.1 Å². The maximum atomic E-state index is 12.5. The Morgan fingerprint density at radius 1 is 1.56 bits per heavy atom. The smallest absolute Gasteiger partial charge is 0.230 e. The van der Waals surface area contributed by atoms with Crippen LogP contribution in [0, 0.1) is 0 Å². The summed E-state index contributed by atoms with van der Waals surface area (Å²) in [6.07, 6.45) is 3.33. The molecule has 1 aliphatic rings. The van der Waals surface area contributed by atoms with Gasteiger partial charge in [-0.3, -0.25) is 4.79 Å². The van der Waals surface area contributed by atoms with Crippen LogP contribution in [0.15, 0.2) is 24.3 Å². The summed E-state index contributed by atoms with van der Waals surface area (Å²) in [7, 11) is 0. The van der Waals surface area contributed by atoms with Gasteiger partial charge in [0.1, 0.15) is 0 Å². The maximum Gasteiger partial charge on any atom is 0.230 e. The van der Waals surface area contributed by atoms with Gasteiger partial charge in [0.25, 0.3) is 0 Å². The summed E-state index contributed by atoms with van der Waals surface area (Å²) in [6, 6.07) is 8.08. The fourth-order valence-electron chi connectivity index (χ4n) is 2.77. The normalized spacial score (nSPS) is 21.0. The molecule has 2 rings (SSSR count). The number of hydrogen-bond acceptors (Lipinski definition) is 2. The van der Waals surface area contributed by atoms with Crippen molar-refractivity contribution in [3.63, 3.8) is 0 Å². The number of carbonyl (C=O) groups is 1. The van der Waals surface area contributed by atoms with Crippen LogP contribution in [0.1, 0.15) is 44.6 Å². The minimum Gasteiger partial charge on any atom is -0.399 e. The van der Waals surface area contributed by atoms with Crippen molar-refractivity contribution in [3.8, 4) is 0 Å². The van der Waals surface area contributed by atoms with Gasteiger partial charge in [0, 0.05) is 18.3 Å². The van der Waals surface area contributed by atoms with Crippen LogP contribution in [0.25, 0.3) is 0 Å². The van der Waals surface area contributed by atoms with Crippen molar-refractivity contribution in [2.45, 2.75) is 45.1 Å². The van der Waals surface area contributed by atoms with Crippen molar-refractivity contribution in [1.29, 1.82) is 0 Å². The van der Waals surface area contributed by atoms with Crippen LogP contribution in [-0.2, 0) is 4.79 Å². The van der Waals surface area contributed by atoms with Crippen LogP contribution in [0.2, 0.25) is 0 Å². The first-order chi connectivity index (χ1) is 8.63. The number of nitrogen functional groups attached to an aromatic ring is 1. The van der Waals surface area contributed by atoms with Crippen molar-refractivity contribution < 1.29 is 4.79 Å². The summed E-state index contributed by atoms with van der Waals surface area (Å²) < 4.78 is 0. The van der Waals surface area contributed by atoms with E-state index in [-0.39, 0.29) is 11.8 Å². The predicted octanol–water partition coefficient (Wildman–Crippen LogP) is 2.77. The number of carbonyl (C=O) groups excluding carboxylic acids is 1. The molecule has 2 N–H and O–H groups in total. The Morgan fingerprint density at radius 3 is 3.00 bits per heavy atom. The second-order valence-electron chi connectivity index (χ2n) is 5.13. The van der Waals surface area contributed by atoms with E-state index < -0.39 is 0 Å². The second kappa shape index (κ2) is 5.42. The monoisotopic (exact) mass is 246 g/mol. The van der Waals surface area contributed by atoms with Gasteiger partial charge in [-0.15, -0.1) is 0 Å². The van der Waals surface area contributed by atoms with Gasteiger partial charge in [-0.1, -0.05) is 19.1 Å². The lowest BCUT2D eigenvalue weighted by atomic mass is 9.98. The third kappa shape index (κ3) is 2.50. The van der Waals surface area contributed by atoms with Crippen LogP contribution in [0.5, 0.6) is 0 Å². The molecule has 1 aromatic rings. The summed E-state index contributed by atoms with van der Waals surface area (Å²) in [5.74, 6) is 0.144. The van der Waals surface area contributed by atoms with E-state index in [9.17, 15) is 4.79 Å². The molecule has 0 radical (unpaired) electrons. The molecule has 0 spiro atoms. The first-order valence-electron chi connectivity index (χ1n) is 6.79.